The molecule has 1 fully saturated rings. The van der Waals surface area contributed by atoms with E-state index in [0.29, 0.717) is 18.1 Å². The van der Waals surface area contributed by atoms with Crippen LogP contribution in [0.5, 0.6) is 0 Å². The van der Waals surface area contributed by atoms with E-state index in [-0.39, 0.29) is 17.2 Å². The number of amides is 1. The van der Waals surface area contributed by atoms with Gasteiger partial charge in [-0.1, -0.05) is 48.0 Å². The minimum atomic E-state index is -0.542. The van der Waals surface area contributed by atoms with Crippen molar-refractivity contribution < 1.29 is 14.6 Å². The summed E-state index contributed by atoms with van der Waals surface area (Å²) in [6.45, 7) is 3.63. The summed E-state index contributed by atoms with van der Waals surface area (Å²) in [5.74, 6) is -0.330. The van der Waals surface area contributed by atoms with Gasteiger partial charge in [0.2, 0.25) is 0 Å². The van der Waals surface area contributed by atoms with Crippen molar-refractivity contribution in [3.05, 3.63) is 80.9 Å². The number of rotatable bonds is 5. The zero-order chi connectivity index (χ0) is 19.2. The molecule has 0 spiro atoms. The average molecular weight is 387 g/mol. The highest BCUT2D eigenvalue weighted by Gasteiger charge is 2.28. The highest BCUT2D eigenvalue weighted by molar-refractivity contribution is 6.31. The van der Waals surface area contributed by atoms with Crippen LogP contribution in [0, 0.1) is 10.1 Å². The minimum absolute atomic E-state index is 0.0555. The highest BCUT2D eigenvalue weighted by atomic mass is 35.5. The molecule has 27 heavy (non-hydrogen) atoms. The minimum Gasteiger partial charge on any atom is -0.329 e. The van der Waals surface area contributed by atoms with Crippen LogP contribution in [-0.4, -0.2) is 48.5 Å². The average Bonchev–Trinajstić information content (AvgIpc) is 2.68. The number of nitrogens with one attached hydrogen (secondary N) is 1. The van der Waals surface area contributed by atoms with Gasteiger partial charge >= 0.3 is 0 Å². The summed E-state index contributed by atoms with van der Waals surface area (Å²) in [7, 11) is 0. The summed E-state index contributed by atoms with van der Waals surface area (Å²) >= 11 is 5.93. The van der Waals surface area contributed by atoms with Crippen molar-refractivity contribution in [1.29, 1.82) is 0 Å². The lowest BCUT2D eigenvalue weighted by Crippen LogP contribution is -3.14. The number of piperazine rings is 1. The fourth-order valence-corrected chi connectivity index (χ4v) is 3.34. The Labute approximate surface area is 162 Å². The lowest BCUT2D eigenvalue weighted by Gasteiger charge is -2.31. The number of hydrogen-bond acceptors (Lipinski definition) is 3. The number of benzene rings is 2. The van der Waals surface area contributed by atoms with E-state index in [1.54, 1.807) is 4.90 Å². The molecule has 0 aliphatic carbocycles. The summed E-state index contributed by atoms with van der Waals surface area (Å²) in [4.78, 5) is 26.4. The zero-order valence-corrected chi connectivity index (χ0v) is 15.6. The SMILES string of the molecule is O=C(c1cc(Cl)ccc1[N+](=O)[O-])N1CC[NH+](C/C=C/c2ccccc2)CC1. The number of nitrogens with zero attached hydrogens (tertiary/aromatic N) is 2. The van der Waals surface area contributed by atoms with E-state index in [0.717, 1.165) is 19.6 Å². The van der Waals surface area contributed by atoms with Gasteiger partial charge in [-0.25, -0.2) is 0 Å². The smallest absolute Gasteiger partial charge is 0.282 e. The van der Waals surface area contributed by atoms with Crippen molar-refractivity contribution in [2.75, 3.05) is 32.7 Å². The summed E-state index contributed by atoms with van der Waals surface area (Å²) in [6, 6.07) is 14.2. The van der Waals surface area contributed by atoms with E-state index in [1.807, 2.05) is 18.2 Å². The lowest BCUT2D eigenvalue weighted by atomic mass is 10.1. The molecule has 0 radical (unpaired) electrons. The van der Waals surface area contributed by atoms with E-state index in [2.05, 4.69) is 24.3 Å². The van der Waals surface area contributed by atoms with Crippen LogP contribution in [-0.2, 0) is 0 Å². The van der Waals surface area contributed by atoms with Gasteiger partial charge in [0.1, 0.15) is 5.56 Å². The van der Waals surface area contributed by atoms with Crippen LogP contribution in [0.3, 0.4) is 0 Å². The lowest BCUT2D eigenvalue weighted by molar-refractivity contribution is -0.898. The van der Waals surface area contributed by atoms with E-state index in [4.69, 9.17) is 11.6 Å². The van der Waals surface area contributed by atoms with Gasteiger partial charge in [0, 0.05) is 11.1 Å². The standard InChI is InChI=1S/C20H20ClN3O3/c21-17-8-9-19(24(26)27)18(15-17)20(25)23-13-11-22(12-14-23)10-4-7-16-5-2-1-3-6-16/h1-9,15H,10-14H2/p+1/b7-4+. The predicted molar refractivity (Wildman–Crippen MR) is 105 cm³/mol. The van der Waals surface area contributed by atoms with Crippen LogP contribution in [0.4, 0.5) is 5.69 Å². The Bertz CT molecular complexity index is 847. The molecule has 1 saturated heterocycles. The molecule has 1 amide bonds. The van der Waals surface area contributed by atoms with Crippen LogP contribution in [0.2, 0.25) is 5.02 Å². The third kappa shape index (κ3) is 4.93. The van der Waals surface area contributed by atoms with E-state index < -0.39 is 4.92 Å². The molecule has 1 aliphatic rings. The van der Waals surface area contributed by atoms with E-state index in [1.165, 1.54) is 28.7 Å². The number of nitro benzene ring substituents is 1. The maximum atomic E-state index is 12.7. The molecule has 0 atom stereocenters. The topological polar surface area (TPSA) is 67.9 Å². The molecule has 1 aliphatic heterocycles. The number of halogens is 1. The monoisotopic (exact) mass is 386 g/mol. The van der Waals surface area contributed by atoms with Gasteiger partial charge in [-0.05, 0) is 23.8 Å². The van der Waals surface area contributed by atoms with Crippen molar-refractivity contribution in [1.82, 2.24) is 4.90 Å². The van der Waals surface area contributed by atoms with Gasteiger partial charge in [-0.3, -0.25) is 14.9 Å². The van der Waals surface area contributed by atoms with Gasteiger partial charge < -0.3 is 9.80 Å². The Morgan fingerprint density at radius 2 is 1.89 bits per heavy atom. The van der Waals surface area contributed by atoms with E-state index >= 15 is 0 Å². The maximum Gasteiger partial charge on any atom is 0.282 e. The second kappa shape index (κ2) is 8.79. The first-order valence-corrected chi connectivity index (χ1v) is 9.21. The molecule has 3 rings (SSSR count). The first-order chi connectivity index (χ1) is 13.0. The van der Waals surface area contributed by atoms with Gasteiger partial charge in [0.15, 0.2) is 0 Å². The van der Waals surface area contributed by atoms with E-state index in [9.17, 15) is 14.9 Å². The van der Waals surface area contributed by atoms with Gasteiger partial charge in [-0.2, -0.15) is 0 Å². The zero-order valence-electron chi connectivity index (χ0n) is 14.8. The highest BCUT2D eigenvalue weighted by Crippen LogP contribution is 2.24. The molecule has 0 unspecified atom stereocenters. The number of hydrogen-bond donors (Lipinski definition) is 1. The normalized spacial score (nSPS) is 15.2. The molecule has 7 heteroatoms. The van der Waals surface area contributed by atoms with Crippen LogP contribution >= 0.6 is 11.6 Å². The van der Waals surface area contributed by atoms with Gasteiger partial charge in [-0.15, -0.1) is 0 Å². The third-order valence-electron chi connectivity index (χ3n) is 4.66. The Balaban J connectivity index is 1.58. The summed E-state index contributed by atoms with van der Waals surface area (Å²) in [5, 5.41) is 11.5. The molecule has 6 nitrogen and oxygen atoms in total. The molecule has 0 aromatic heterocycles. The molecular formula is C20H21ClN3O3+. The second-order valence-corrected chi connectivity index (χ2v) is 6.91. The van der Waals surface area contributed by atoms with Crippen molar-refractivity contribution in [2.45, 2.75) is 0 Å². The van der Waals surface area contributed by atoms with Crippen molar-refractivity contribution >= 4 is 29.3 Å². The fraction of sp³-hybridized carbons (Fsp3) is 0.250. The van der Waals surface area contributed by atoms with Crippen molar-refractivity contribution in [2.24, 2.45) is 0 Å². The first kappa shape index (κ1) is 19.1. The molecule has 1 heterocycles. The van der Waals surface area contributed by atoms with Crippen LogP contribution in [0.1, 0.15) is 15.9 Å². The number of quaternary nitrogens is 1. The van der Waals surface area contributed by atoms with Crippen LogP contribution in [0.25, 0.3) is 6.08 Å². The molecule has 2 aromatic carbocycles. The molecular weight excluding hydrogens is 366 g/mol. The van der Waals surface area contributed by atoms with Crippen molar-refractivity contribution in [3.8, 4) is 0 Å². The second-order valence-electron chi connectivity index (χ2n) is 6.48. The number of nitro groups is 1. The molecule has 0 saturated carbocycles. The van der Waals surface area contributed by atoms with Crippen LogP contribution in [0.15, 0.2) is 54.6 Å². The summed E-state index contributed by atoms with van der Waals surface area (Å²) < 4.78 is 0. The van der Waals surface area contributed by atoms with Crippen molar-refractivity contribution in [3.63, 3.8) is 0 Å². The maximum absolute atomic E-state index is 12.7. The predicted octanol–water partition coefficient (Wildman–Crippen LogP) is 2.30. The Morgan fingerprint density at radius 1 is 1.19 bits per heavy atom. The van der Waals surface area contributed by atoms with Gasteiger partial charge in [0.05, 0.1) is 37.6 Å². The number of carbonyl (C=O) groups excluding carboxylic acids is 1. The molecule has 0 bridgehead atoms. The molecule has 1 N–H and O–H groups in total. The third-order valence-corrected chi connectivity index (χ3v) is 4.89. The first-order valence-electron chi connectivity index (χ1n) is 8.83. The van der Waals surface area contributed by atoms with Gasteiger partial charge in [0.25, 0.3) is 11.6 Å². The summed E-state index contributed by atoms with van der Waals surface area (Å²) in [5.41, 5.74) is 1.02. The van der Waals surface area contributed by atoms with Crippen LogP contribution < -0.4 is 4.90 Å². The Morgan fingerprint density at radius 3 is 2.56 bits per heavy atom. The Hall–Kier alpha value is -2.70. The largest absolute Gasteiger partial charge is 0.329 e. The number of carbonyl (C=O) groups is 1. The Kier molecular flexibility index (Phi) is 6.21. The fourth-order valence-electron chi connectivity index (χ4n) is 3.17. The molecule has 2 aromatic rings. The quantitative estimate of drug-likeness (QED) is 0.633. The molecule has 140 valence electrons. The summed E-state index contributed by atoms with van der Waals surface area (Å²) in [6.07, 6.45) is 4.24.